The number of benzene rings is 2. The zero-order chi connectivity index (χ0) is 18.1. The maximum Gasteiger partial charge on any atom is 0.233 e. The molecule has 2 aromatic rings. The zero-order valence-electron chi connectivity index (χ0n) is 14.7. The summed E-state index contributed by atoms with van der Waals surface area (Å²) >= 11 is 0. The van der Waals surface area contributed by atoms with Crippen molar-refractivity contribution in [1.82, 2.24) is 0 Å². The van der Waals surface area contributed by atoms with Gasteiger partial charge in [-0.2, -0.15) is 0 Å². The van der Waals surface area contributed by atoms with Gasteiger partial charge in [-0.25, -0.2) is 0 Å². The molecular weight excluding hydrogens is 302 g/mol. The molecule has 1 N–H and O–H groups in total. The van der Waals surface area contributed by atoms with E-state index in [0.29, 0.717) is 5.56 Å². The number of hydrogen-bond acceptors (Lipinski definition) is 4. The summed E-state index contributed by atoms with van der Waals surface area (Å²) in [5, 5.41) is 9.22. The van der Waals surface area contributed by atoms with Crippen molar-refractivity contribution in [2.45, 2.75) is 27.7 Å². The molecule has 0 fully saturated rings. The minimum absolute atomic E-state index is 0.0626. The van der Waals surface area contributed by atoms with Crippen molar-refractivity contribution in [1.29, 1.82) is 0 Å². The molecule has 0 aliphatic rings. The number of ketones is 2. The van der Waals surface area contributed by atoms with Crippen LogP contribution in [0.5, 0.6) is 5.75 Å². The van der Waals surface area contributed by atoms with E-state index in [1.165, 1.54) is 24.3 Å². The van der Waals surface area contributed by atoms with Crippen LogP contribution in [0.25, 0.3) is 0 Å². The first-order valence-electron chi connectivity index (χ1n) is 8.29. The Kier molecular flexibility index (Phi) is 7.69. The lowest BCUT2D eigenvalue weighted by Crippen LogP contribution is -2.22. The van der Waals surface area contributed by atoms with E-state index in [1.54, 1.807) is 12.1 Å². The highest BCUT2D eigenvalue weighted by molar-refractivity contribution is 6.49. The molecule has 2 rings (SSSR count). The van der Waals surface area contributed by atoms with Gasteiger partial charge in [-0.15, -0.1) is 0 Å². The predicted molar refractivity (Wildman–Crippen MR) is 98.1 cm³/mol. The molecular formula is C20H25NO3. The van der Waals surface area contributed by atoms with E-state index in [4.69, 9.17) is 0 Å². The number of aromatic hydroxyl groups is 1. The second-order valence-electron chi connectivity index (χ2n) is 4.92. The SMILES string of the molecule is CC.CCN(CC)c1ccc(C(=O)C(=O)c2ccc(O)cc2)cc1. The normalized spacial score (nSPS) is 9.67. The minimum atomic E-state index is -0.574. The molecule has 4 heteroatoms. The van der Waals surface area contributed by atoms with Crippen LogP contribution in [0.2, 0.25) is 0 Å². The van der Waals surface area contributed by atoms with Gasteiger partial charge in [-0.3, -0.25) is 9.59 Å². The van der Waals surface area contributed by atoms with Crippen LogP contribution >= 0.6 is 0 Å². The highest BCUT2D eigenvalue weighted by Crippen LogP contribution is 2.17. The van der Waals surface area contributed by atoms with Crippen molar-refractivity contribution in [3.8, 4) is 5.75 Å². The molecule has 0 spiro atoms. The third-order valence-corrected chi connectivity index (χ3v) is 3.59. The molecule has 0 bridgehead atoms. The van der Waals surface area contributed by atoms with Crippen molar-refractivity contribution >= 4 is 17.3 Å². The van der Waals surface area contributed by atoms with Gasteiger partial charge >= 0.3 is 0 Å². The topological polar surface area (TPSA) is 57.6 Å². The summed E-state index contributed by atoms with van der Waals surface area (Å²) in [6.45, 7) is 9.90. The smallest absolute Gasteiger partial charge is 0.233 e. The van der Waals surface area contributed by atoms with E-state index in [0.717, 1.165) is 18.8 Å². The molecule has 128 valence electrons. The number of nitrogens with zero attached hydrogens (tertiary/aromatic N) is 1. The third kappa shape index (κ3) is 4.69. The lowest BCUT2D eigenvalue weighted by Gasteiger charge is -2.20. The van der Waals surface area contributed by atoms with Crippen molar-refractivity contribution in [3.63, 3.8) is 0 Å². The molecule has 0 aromatic heterocycles. The predicted octanol–water partition coefficient (Wildman–Crippen LogP) is 4.33. The van der Waals surface area contributed by atoms with Gasteiger partial charge in [-0.05, 0) is 62.4 Å². The van der Waals surface area contributed by atoms with Gasteiger partial charge in [0.25, 0.3) is 0 Å². The number of phenols is 1. The first-order chi connectivity index (χ1) is 11.6. The number of hydrogen-bond donors (Lipinski definition) is 1. The lowest BCUT2D eigenvalue weighted by molar-refractivity contribution is 0.0817. The van der Waals surface area contributed by atoms with Gasteiger partial charge in [0.1, 0.15) is 5.75 Å². The maximum atomic E-state index is 12.2. The fraction of sp³-hybridized carbons (Fsp3) is 0.300. The highest BCUT2D eigenvalue weighted by Gasteiger charge is 2.18. The third-order valence-electron chi connectivity index (χ3n) is 3.59. The molecule has 0 aliphatic heterocycles. The van der Waals surface area contributed by atoms with E-state index < -0.39 is 11.6 Å². The van der Waals surface area contributed by atoms with Crippen LogP contribution in [-0.4, -0.2) is 29.8 Å². The molecule has 0 saturated carbocycles. The Labute approximate surface area is 143 Å². The molecule has 4 nitrogen and oxygen atoms in total. The number of Topliss-reactive ketones (excluding diaryl/α,β-unsaturated/α-hetero) is 2. The van der Waals surface area contributed by atoms with Gasteiger partial charge in [0.15, 0.2) is 0 Å². The molecule has 24 heavy (non-hydrogen) atoms. The Bertz CT molecular complexity index is 656. The van der Waals surface area contributed by atoms with E-state index >= 15 is 0 Å². The Hall–Kier alpha value is -2.62. The summed E-state index contributed by atoms with van der Waals surface area (Å²) in [6, 6.07) is 12.7. The molecule has 0 amide bonds. The van der Waals surface area contributed by atoms with Crippen LogP contribution in [0.15, 0.2) is 48.5 Å². The molecule has 0 saturated heterocycles. The Morgan fingerprint density at radius 2 is 1.17 bits per heavy atom. The van der Waals surface area contributed by atoms with Crippen molar-refractivity contribution in [2.24, 2.45) is 0 Å². The number of rotatable bonds is 6. The first kappa shape index (κ1) is 19.4. The Balaban J connectivity index is 0.00000139. The van der Waals surface area contributed by atoms with Crippen LogP contribution in [0.4, 0.5) is 5.69 Å². The van der Waals surface area contributed by atoms with Crippen LogP contribution in [0.3, 0.4) is 0 Å². The second-order valence-corrected chi connectivity index (χ2v) is 4.92. The Morgan fingerprint density at radius 1 is 0.792 bits per heavy atom. The van der Waals surface area contributed by atoms with Gasteiger partial charge in [0.2, 0.25) is 11.6 Å². The monoisotopic (exact) mass is 327 g/mol. The molecule has 0 heterocycles. The number of phenolic OH excluding ortho intramolecular Hbond substituents is 1. The van der Waals surface area contributed by atoms with E-state index in [-0.39, 0.29) is 11.3 Å². The average molecular weight is 327 g/mol. The summed E-state index contributed by atoms with van der Waals surface area (Å²) in [5.74, 6) is -1.06. The fourth-order valence-electron chi connectivity index (χ4n) is 2.29. The summed E-state index contributed by atoms with van der Waals surface area (Å²) in [5.41, 5.74) is 1.67. The molecule has 0 unspecified atom stereocenters. The average Bonchev–Trinajstić information content (AvgIpc) is 2.64. The standard InChI is InChI=1S/C18H19NO3.C2H6/c1-3-19(4-2)15-9-5-13(6-10-15)17(21)18(22)14-7-11-16(20)12-8-14;1-2/h5-12,20H,3-4H2,1-2H3;1-2H3. The Morgan fingerprint density at radius 3 is 1.54 bits per heavy atom. The van der Waals surface area contributed by atoms with Gasteiger partial charge in [-0.1, -0.05) is 13.8 Å². The number of anilines is 1. The van der Waals surface area contributed by atoms with Crippen LogP contribution in [-0.2, 0) is 0 Å². The van der Waals surface area contributed by atoms with Crippen molar-refractivity contribution < 1.29 is 14.7 Å². The van der Waals surface area contributed by atoms with E-state index in [2.05, 4.69) is 18.7 Å². The number of carbonyl (C=O) groups is 2. The van der Waals surface area contributed by atoms with Crippen molar-refractivity contribution in [3.05, 3.63) is 59.7 Å². The van der Waals surface area contributed by atoms with Crippen molar-refractivity contribution in [2.75, 3.05) is 18.0 Å². The van der Waals surface area contributed by atoms with Gasteiger partial charge in [0, 0.05) is 29.9 Å². The summed E-state index contributed by atoms with van der Waals surface area (Å²) < 4.78 is 0. The largest absolute Gasteiger partial charge is 0.508 e. The van der Waals surface area contributed by atoms with E-state index in [1.807, 2.05) is 26.0 Å². The summed E-state index contributed by atoms with van der Waals surface area (Å²) in [7, 11) is 0. The summed E-state index contributed by atoms with van der Waals surface area (Å²) in [4.78, 5) is 26.5. The zero-order valence-corrected chi connectivity index (χ0v) is 14.7. The van der Waals surface area contributed by atoms with Gasteiger partial charge < -0.3 is 10.0 Å². The van der Waals surface area contributed by atoms with E-state index in [9.17, 15) is 14.7 Å². The summed E-state index contributed by atoms with van der Waals surface area (Å²) in [6.07, 6.45) is 0. The molecule has 0 atom stereocenters. The molecule has 0 radical (unpaired) electrons. The first-order valence-corrected chi connectivity index (χ1v) is 8.29. The second kappa shape index (κ2) is 9.50. The molecule has 0 aliphatic carbocycles. The van der Waals surface area contributed by atoms with Crippen LogP contribution in [0.1, 0.15) is 48.4 Å². The molecule has 2 aromatic carbocycles. The lowest BCUT2D eigenvalue weighted by atomic mass is 10.0. The fourth-order valence-corrected chi connectivity index (χ4v) is 2.29. The van der Waals surface area contributed by atoms with Gasteiger partial charge in [0.05, 0.1) is 0 Å². The van der Waals surface area contributed by atoms with Crippen LogP contribution < -0.4 is 4.90 Å². The quantitative estimate of drug-likeness (QED) is 0.634. The minimum Gasteiger partial charge on any atom is -0.508 e. The number of carbonyl (C=O) groups excluding carboxylic acids is 2. The highest BCUT2D eigenvalue weighted by atomic mass is 16.3. The van der Waals surface area contributed by atoms with Crippen LogP contribution in [0, 0.1) is 0 Å². The maximum absolute atomic E-state index is 12.2.